The van der Waals surface area contributed by atoms with Gasteiger partial charge < -0.3 is 10.2 Å². The number of ketones is 1. The molecule has 0 saturated carbocycles. The summed E-state index contributed by atoms with van der Waals surface area (Å²) in [5, 5.41) is 17.5. The number of carbonyl (C=O) groups excluding carboxylic acids is 3. The maximum atomic E-state index is 12.0. The summed E-state index contributed by atoms with van der Waals surface area (Å²) in [4.78, 5) is 46.6. The highest BCUT2D eigenvalue weighted by molar-refractivity contribution is 8.00. The van der Waals surface area contributed by atoms with Crippen LogP contribution in [0.5, 0.6) is 0 Å². The molecule has 0 bridgehead atoms. The Bertz CT molecular complexity index is 456. The molecule has 1 fully saturated rings. The van der Waals surface area contributed by atoms with E-state index in [1.807, 2.05) is 0 Å². The van der Waals surface area contributed by atoms with E-state index in [9.17, 15) is 24.3 Å². The molecule has 1 aliphatic rings. The standard InChI is InChI=1S/C13H19NO6S/c1-13(2,20)9(15)4-6-21-8-7-10(16)14(12(8)19)5-3-11(17)18/h8,20H,3-7H2,1-2H3,(H,17,18). The predicted octanol–water partition coefficient (Wildman–Crippen LogP) is 0.0519. The number of nitrogens with zero attached hydrogens (tertiary/aromatic N) is 1. The lowest BCUT2D eigenvalue weighted by Crippen LogP contribution is -2.33. The number of Topliss-reactive ketones (excluding diaryl/α,β-unsaturated/α-hetero) is 1. The van der Waals surface area contributed by atoms with Crippen LogP contribution < -0.4 is 0 Å². The molecular formula is C13H19NO6S. The first-order valence-corrected chi connectivity index (χ1v) is 7.61. The van der Waals surface area contributed by atoms with Crippen LogP contribution in [0.15, 0.2) is 0 Å². The van der Waals surface area contributed by atoms with Crippen molar-refractivity contribution < 1.29 is 29.4 Å². The monoisotopic (exact) mass is 317 g/mol. The fourth-order valence-corrected chi connectivity index (χ4v) is 2.94. The van der Waals surface area contributed by atoms with Gasteiger partial charge >= 0.3 is 5.97 Å². The van der Waals surface area contributed by atoms with Crippen molar-refractivity contribution >= 4 is 35.3 Å². The van der Waals surface area contributed by atoms with Gasteiger partial charge in [0.2, 0.25) is 11.8 Å². The molecule has 1 heterocycles. The molecule has 2 amide bonds. The maximum Gasteiger partial charge on any atom is 0.305 e. The first-order valence-electron chi connectivity index (χ1n) is 6.56. The number of hydrogen-bond acceptors (Lipinski definition) is 6. The quantitative estimate of drug-likeness (QED) is 0.608. The van der Waals surface area contributed by atoms with Crippen LogP contribution in [0.25, 0.3) is 0 Å². The summed E-state index contributed by atoms with van der Waals surface area (Å²) in [7, 11) is 0. The van der Waals surface area contributed by atoms with Crippen LogP contribution in [0.2, 0.25) is 0 Å². The topological polar surface area (TPSA) is 112 Å². The van der Waals surface area contributed by atoms with Gasteiger partial charge in [0, 0.05) is 25.1 Å². The third-order valence-corrected chi connectivity index (χ3v) is 4.29. The molecule has 1 unspecified atom stereocenters. The Kier molecular flexibility index (Phi) is 5.91. The second kappa shape index (κ2) is 7.04. The molecule has 7 nitrogen and oxygen atoms in total. The van der Waals surface area contributed by atoms with Crippen LogP contribution in [0.3, 0.4) is 0 Å². The van der Waals surface area contributed by atoms with E-state index in [1.165, 1.54) is 25.6 Å². The fraction of sp³-hybridized carbons (Fsp3) is 0.692. The highest BCUT2D eigenvalue weighted by Gasteiger charge is 2.38. The van der Waals surface area contributed by atoms with Gasteiger partial charge in [-0.1, -0.05) is 0 Å². The van der Waals surface area contributed by atoms with Crippen molar-refractivity contribution in [2.45, 2.75) is 44.0 Å². The van der Waals surface area contributed by atoms with Crippen LogP contribution in [-0.4, -0.2) is 61.8 Å². The number of hydrogen-bond donors (Lipinski definition) is 2. The number of aliphatic hydroxyl groups is 1. The van der Waals surface area contributed by atoms with Gasteiger partial charge in [-0.2, -0.15) is 0 Å². The Hall–Kier alpha value is -1.41. The summed E-state index contributed by atoms with van der Waals surface area (Å²) >= 11 is 1.19. The summed E-state index contributed by atoms with van der Waals surface area (Å²) in [5.41, 5.74) is -1.40. The largest absolute Gasteiger partial charge is 0.481 e. The lowest BCUT2D eigenvalue weighted by Gasteiger charge is -2.16. The molecule has 1 saturated heterocycles. The molecule has 0 aromatic heterocycles. The van der Waals surface area contributed by atoms with Gasteiger partial charge in [0.05, 0.1) is 11.7 Å². The molecule has 2 N–H and O–H groups in total. The summed E-state index contributed by atoms with van der Waals surface area (Å²) in [5.74, 6) is -1.84. The number of rotatable bonds is 8. The molecule has 8 heteroatoms. The third-order valence-electron chi connectivity index (χ3n) is 3.08. The number of carbonyl (C=O) groups is 4. The van der Waals surface area contributed by atoms with Gasteiger partial charge in [0.15, 0.2) is 5.78 Å². The third kappa shape index (κ3) is 5.13. The highest BCUT2D eigenvalue weighted by atomic mass is 32.2. The van der Waals surface area contributed by atoms with E-state index in [2.05, 4.69) is 0 Å². The summed E-state index contributed by atoms with van der Waals surface area (Å²) in [6.45, 7) is 2.68. The van der Waals surface area contributed by atoms with Gasteiger partial charge in [-0.25, -0.2) is 0 Å². The van der Waals surface area contributed by atoms with Gasteiger partial charge in [-0.15, -0.1) is 11.8 Å². The van der Waals surface area contributed by atoms with Gasteiger partial charge in [-0.3, -0.25) is 24.1 Å². The number of amides is 2. The SMILES string of the molecule is CC(C)(O)C(=O)CCSC1CC(=O)N(CCC(=O)O)C1=O. The number of carboxylic acids is 1. The van der Waals surface area contributed by atoms with Crippen LogP contribution in [-0.2, 0) is 19.2 Å². The van der Waals surface area contributed by atoms with Crippen molar-refractivity contribution in [2.24, 2.45) is 0 Å². The summed E-state index contributed by atoms with van der Waals surface area (Å²) in [6.07, 6.45) is -0.132. The first-order chi connectivity index (χ1) is 9.62. The first kappa shape index (κ1) is 17.6. The second-order valence-electron chi connectivity index (χ2n) is 5.32. The Morgan fingerprint density at radius 2 is 1.95 bits per heavy atom. The minimum atomic E-state index is -1.40. The highest BCUT2D eigenvalue weighted by Crippen LogP contribution is 2.26. The second-order valence-corrected chi connectivity index (χ2v) is 6.63. The number of likely N-dealkylation sites (tertiary alicyclic amines) is 1. The zero-order chi connectivity index (χ0) is 16.2. The van der Waals surface area contributed by atoms with Crippen molar-refractivity contribution in [2.75, 3.05) is 12.3 Å². The summed E-state index contributed by atoms with van der Waals surface area (Å²) < 4.78 is 0. The zero-order valence-corrected chi connectivity index (χ0v) is 12.8. The van der Waals surface area contributed by atoms with E-state index in [0.717, 1.165) is 4.90 Å². The van der Waals surface area contributed by atoms with Crippen LogP contribution in [0.1, 0.15) is 33.1 Å². The Labute approximate surface area is 126 Å². The number of thioether (sulfide) groups is 1. The van der Waals surface area contributed by atoms with Gasteiger partial charge in [-0.05, 0) is 13.8 Å². The van der Waals surface area contributed by atoms with E-state index in [0.29, 0.717) is 5.75 Å². The van der Waals surface area contributed by atoms with Crippen molar-refractivity contribution in [1.82, 2.24) is 4.90 Å². The lowest BCUT2D eigenvalue weighted by atomic mass is 10.0. The molecule has 21 heavy (non-hydrogen) atoms. The number of imide groups is 1. The molecule has 0 aromatic carbocycles. The van der Waals surface area contributed by atoms with Gasteiger partial charge in [0.25, 0.3) is 0 Å². The molecule has 1 atom stereocenters. The van der Waals surface area contributed by atoms with Crippen LogP contribution in [0.4, 0.5) is 0 Å². The van der Waals surface area contributed by atoms with E-state index in [-0.39, 0.29) is 37.5 Å². The smallest absolute Gasteiger partial charge is 0.305 e. The minimum Gasteiger partial charge on any atom is -0.481 e. The van der Waals surface area contributed by atoms with Crippen molar-refractivity contribution in [3.8, 4) is 0 Å². The lowest BCUT2D eigenvalue weighted by molar-refractivity contribution is -0.141. The Morgan fingerprint density at radius 3 is 2.48 bits per heavy atom. The van der Waals surface area contributed by atoms with E-state index < -0.39 is 22.7 Å². The Morgan fingerprint density at radius 1 is 1.33 bits per heavy atom. The van der Waals surface area contributed by atoms with Crippen molar-refractivity contribution in [3.63, 3.8) is 0 Å². The molecule has 0 spiro atoms. The average Bonchev–Trinajstić information content (AvgIpc) is 2.61. The molecule has 118 valence electrons. The predicted molar refractivity (Wildman–Crippen MR) is 75.8 cm³/mol. The van der Waals surface area contributed by atoms with E-state index >= 15 is 0 Å². The molecule has 0 aliphatic carbocycles. The van der Waals surface area contributed by atoms with Crippen LogP contribution >= 0.6 is 11.8 Å². The number of carboxylic acid groups (broad SMARTS) is 1. The van der Waals surface area contributed by atoms with Crippen molar-refractivity contribution in [3.05, 3.63) is 0 Å². The fourth-order valence-electron chi connectivity index (χ4n) is 1.83. The van der Waals surface area contributed by atoms with E-state index in [1.54, 1.807) is 0 Å². The average molecular weight is 317 g/mol. The molecule has 1 aliphatic heterocycles. The Balaban J connectivity index is 2.44. The van der Waals surface area contributed by atoms with Crippen LogP contribution in [0, 0.1) is 0 Å². The summed E-state index contributed by atoms with van der Waals surface area (Å²) in [6, 6.07) is 0. The van der Waals surface area contributed by atoms with E-state index in [4.69, 9.17) is 5.11 Å². The molecule has 0 radical (unpaired) electrons. The van der Waals surface area contributed by atoms with Gasteiger partial charge in [0.1, 0.15) is 5.60 Å². The maximum absolute atomic E-state index is 12.0. The molecule has 1 rings (SSSR count). The van der Waals surface area contributed by atoms with Crippen molar-refractivity contribution in [1.29, 1.82) is 0 Å². The normalized spacial score (nSPS) is 19.2. The zero-order valence-electron chi connectivity index (χ0n) is 12.0. The number of aliphatic carboxylic acids is 1. The molecule has 0 aromatic rings. The molecular weight excluding hydrogens is 298 g/mol. The minimum absolute atomic E-state index is 0.0276.